The van der Waals surface area contributed by atoms with E-state index in [9.17, 15) is 0 Å². The fourth-order valence-corrected chi connectivity index (χ4v) is 0.871. The maximum atomic E-state index is 9.11. The van der Waals surface area contributed by atoms with Crippen molar-refractivity contribution in [3.63, 3.8) is 0 Å². The van der Waals surface area contributed by atoms with Crippen molar-refractivity contribution in [3.05, 3.63) is 11.6 Å². The largest absolute Gasteiger partial charge is 0.507 e. The van der Waals surface area contributed by atoms with E-state index in [1.165, 1.54) is 0 Å². The van der Waals surface area contributed by atoms with Gasteiger partial charge in [0, 0.05) is 6.07 Å². The molecule has 1 heterocycles. The normalized spacial score (nSPS) is 9.91. The van der Waals surface area contributed by atoms with Crippen molar-refractivity contribution in [2.24, 2.45) is 0 Å². The summed E-state index contributed by atoms with van der Waals surface area (Å²) < 4.78 is 0. The number of aromatic hydroxyl groups is 3. The van der Waals surface area contributed by atoms with Crippen LogP contribution in [-0.4, -0.2) is 20.3 Å². The van der Waals surface area contributed by atoms with Crippen molar-refractivity contribution in [3.8, 4) is 17.5 Å². The van der Waals surface area contributed by atoms with Crippen molar-refractivity contribution in [1.29, 1.82) is 0 Å². The van der Waals surface area contributed by atoms with E-state index in [0.717, 1.165) is 6.07 Å². The second-order valence-electron chi connectivity index (χ2n) is 2.16. The smallest absolute Gasteiger partial charge is 0.221 e. The van der Waals surface area contributed by atoms with E-state index in [0.29, 0.717) is 12.0 Å². The highest BCUT2D eigenvalue weighted by Crippen LogP contribution is 2.28. The molecule has 0 fully saturated rings. The van der Waals surface area contributed by atoms with Gasteiger partial charge in [-0.1, -0.05) is 6.92 Å². The molecule has 11 heavy (non-hydrogen) atoms. The van der Waals surface area contributed by atoms with Gasteiger partial charge in [0.15, 0.2) is 0 Å². The zero-order valence-corrected chi connectivity index (χ0v) is 6.07. The van der Waals surface area contributed by atoms with Gasteiger partial charge in [-0.25, -0.2) is 0 Å². The Kier molecular flexibility index (Phi) is 1.85. The molecule has 0 amide bonds. The molecule has 0 unspecified atom stereocenters. The molecule has 1 rings (SSSR count). The molecule has 0 aliphatic heterocycles. The Morgan fingerprint density at radius 3 is 2.45 bits per heavy atom. The lowest BCUT2D eigenvalue weighted by atomic mass is 10.2. The standard InChI is InChI=1S/C7H9NO3/c1-2-4-5(9)3-6(10)8-7(4)11/h3H,2H2,1H3,(H3,8,9,10,11). The first-order valence-electron chi connectivity index (χ1n) is 3.26. The summed E-state index contributed by atoms with van der Waals surface area (Å²) >= 11 is 0. The average Bonchev–Trinajstić information content (AvgIpc) is 1.85. The maximum Gasteiger partial charge on any atom is 0.221 e. The summed E-state index contributed by atoms with van der Waals surface area (Å²) in [6.45, 7) is 1.77. The number of aromatic nitrogens is 1. The number of hydrogen-bond donors (Lipinski definition) is 3. The van der Waals surface area contributed by atoms with E-state index in [2.05, 4.69) is 4.98 Å². The molecule has 0 radical (unpaired) electrons. The fourth-order valence-electron chi connectivity index (χ4n) is 0.871. The quantitative estimate of drug-likeness (QED) is 0.559. The van der Waals surface area contributed by atoms with Crippen molar-refractivity contribution in [1.82, 2.24) is 4.98 Å². The highest BCUT2D eigenvalue weighted by molar-refractivity contribution is 5.41. The minimum atomic E-state index is -0.378. The molecule has 0 aromatic carbocycles. The number of hydrogen-bond acceptors (Lipinski definition) is 4. The van der Waals surface area contributed by atoms with Crippen LogP contribution in [0.3, 0.4) is 0 Å². The summed E-state index contributed by atoms with van der Waals surface area (Å²) in [6, 6.07) is 1.10. The van der Waals surface area contributed by atoms with Crippen LogP contribution in [0.25, 0.3) is 0 Å². The Labute approximate surface area is 63.8 Å². The molecular formula is C7H9NO3. The van der Waals surface area contributed by atoms with Crippen LogP contribution in [0.2, 0.25) is 0 Å². The second-order valence-corrected chi connectivity index (χ2v) is 2.16. The van der Waals surface area contributed by atoms with Gasteiger partial charge < -0.3 is 15.3 Å². The van der Waals surface area contributed by atoms with E-state index in [4.69, 9.17) is 15.3 Å². The summed E-state index contributed by atoms with van der Waals surface area (Å²) in [5, 5.41) is 26.9. The van der Waals surface area contributed by atoms with Gasteiger partial charge in [0.05, 0.1) is 5.56 Å². The van der Waals surface area contributed by atoms with E-state index in [1.807, 2.05) is 0 Å². The topological polar surface area (TPSA) is 73.6 Å². The van der Waals surface area contributed by atoms with Crippen LogP contribution < -0.4 is 0 Å². The lowest BCUT2D eigenvalue weighted by Gasteiger charge is -2.02. The molecule has 3 N–H and O–H groups in total. The minimum absolute atomic E-state index is 0.127. The average molecular weight is 155 g/mol. The third-order valence-electron chi connectivity index (χ3n) is 1.42. The number of nitrogens with zero attached hydrogens (tertiary/aromatic N) is 1. The van der Waals surface area contributed by atoms with E-state index < -0.39 is 0 Å². The van der Waals surface area contributed by atoms with Crippen molar-refractivity contribution in [2.45, 2.75) is 13.3 Å². The van der Waals surface area contributed by atoms with Gasteiger partial charge in [-0.3, -0.25) is 0 Å². The first-order valence-corrected chi connectivity index (χ1v) is 3.26. The first-order chi connectivity index (χ1) is 5.15. The minimum Gasteiger partial charge on any atom is -0.507 e. The van der Waals surface area contributed by atoms with Gasteiger partial charge in [-0.05, 0) is 6.42 Å². The molecule has 0 saturated heterocycles. The summed E-state index contributed by atoms with van der Waals surface area (Å²) in [6.07, 6.45) is 0.477. The zero-order chi connectivity index (χ0) is 8.43. The Balaban J connectivity index is 3.25. The summed E-state index contributed by atoms with van der Waals surface area (Å²) in [7, 11) is 0. The van der Waals surface area contributed by atoms with Crippen LogP contribution >= 0.6 is 0 Å². The van der Waals surface area contributed by atoms with Crippen LogP contribution in [0.15, 0.2) is 6.07 Å². The Bertz CT molecular complexity index is 249. The third kappa shape index (κ3) is 1.34. The summed E-state index contributed by atoms with van der Waals surface area (Å²) in [5.41, 5.74) is 0.350. The van der Waals surface area contributed by atoms with Crippen LogP contribution in [-0.2, 0) is 6.42 Å². The Morgan fingerprint density at radius 1 is 1.36 bits per heavy atom. The summed E-state index contributed by atoms with van der Waals surface area (Å²) in [4.78, 5) is 3.36. The van der Waals surface area contributed by atoms with Crippen LogP contribution in [0, 0.1) is 0 Å². The van der Waals surface area contributed by atoms with Gasteiger partial charge in [-0.15, -0.1) is 0 Å². The molecule has 0 bridgehead atoms. The molecule has 1 aromatic heterocycles. The molecule has 0 saturated carbocycles. The van der Waals surface area contributed by atoms with Crippen LogP contribution in [0.1, 0.15) is 12.5 Å². The monoisotopic (exact) mass is 155 g/mol. The second kappa shape index (κ2) is 2.65. The zero-order valence-electron chi connectivity index (χ0n) is 6.07. The SMILES string of the molecule is CCc1c(O)cc(O)nc1O. The summed E-state index contributed by atoms with van der Waals surface area (Å²) in [5.74, 6) is -0.820. The number of pyridine rings is 1. The predicted molar refractivity (Wildman–Crippen MR) is 38.6 cm³/mol. The maximum absolute atomic E-state index is 9.11. The molecule has 0 spiro atoms. The molecular weight excluding hydrogens is 146 g/mol. The lowest BCUT2D eigenvalue weighted by Crippen LogP contribution is -1.86. The van der Waals surface area contributed by atoms with Crippen molar-refractivity contribution < 1.29 is 15.3 Å². The van der Waals surface area contributed by atoms with Crippen molar-refractivity contribution in [2.75, 3.05) is 0 Å². The highest BCUT2D eigenvalue weighted by atomic mass is 16.3. The third-order valence-corrected chi connectivity index (χ3v) is 1.42. The van der Waals surface area contributed by atoms with E-state index in [1.54, 1.807) is 6.92 Å². The molecule has 60 valence electrons. The van der Waals surface area contributed by atoms with Gasteiger partial charge in [0.1, 0.15) is 5.75 Å². The lowest BCUT2D eigenvalue weighted by molar-refractivity contribution is 0.391. The molecule has 4 nitrogen and oxygen atoms in total. The van der Waals surface area contributed by atoms with E-state index in [-0.39, 0.29) is 17.5 Å². The molecule has 0 aliphatic rings. The van der Waals surface area contributed by atoms with Crippen molar-refractivity contribution >= 4 is 0 Å². The predicted octanol–water partition coefficient (Wildman–Crippen LogP) is 0.761. The van der Waals surface area contributed by atoms with Crippen LogP contribution in [0.5, 0.6) is 17.5 Å². The first kappa shape index (κ1) is 7.65. The molecule has 4 heteroatoms. The molecule has 0 atom stereocenters. The fraction of sp³-hybridized carbons (Fsp3) is 0.286. The molecule has 0 aliphatic carbocycles. The Hall–Kier alpha value is -1.45. The van der Waals surface area contributed by atoms with Gasteiger partial charge in [0.25, 0.3) is 0 Å². The number of rotatable bonds is 1. The van der Waals surface area contributed by atoms with Gasteiger partial charge in [-0.2, -0.15) is 4.98 Å². The van der Waals surface area contributed by atoms with E-state index >= 15 is 0 Å². The highest BCUT2D eigenvalue weighted by Gasteiger charge is 2.07. The van der Waals surface area contributed by atoms with Gasteiger partial charge in [0.2, 0.25) is 11.8 Å². The molecule has 1 aromatic rings. The van der Waals surface area contributed by atoms with Crippen LogP contribution in [0.4, 0.5) is 0 Å². The van der Waals surface area contributed by atoms with Gasteiger partial charge >= 0.3 is 0 Å². The Morgan fingerprint density at radius 2 is 2.00 bits per heavy atom.